The second kappa shape index (κ2) is 8.06. The average Bonchev–Trinajstić information content (AvgIpc) is 2.86. The van der Waals surface area contributed by atoms with Crippen LogP contribution >= 0.6 is 0 Å². The third-order valence-electron chi connectivity index (χ3n) is 5.98. The molecule has 5 heteroatoms. The van der Waals surface area contributed by atoms with Crippen LogP contribution in [0.1, 0.15) is 47.5 Å². The monoisotopic (exact) mass is 337 g/mol. The molecular formula is C19H31NO4. The van der Waals surface area contributed by atoms with Crippen molar-refractivity contribution in [2.75, 3.05) is 26.2 Å². The fraction of sp³-hybridized carbons (Fsp3) is 0.737. The van der Waals surface area contributed by atoms with Crippen LogP contribution in [0.4, 0.5) is 0 Å². The summed E-state index contributed by atoms with van der Waals surface area (Å²) in [4.78, 5) is 35.8. The van der Waals surface area contributed by atoms with Crippen LogP contribution < -0.4 is 0 Å². The number of fused-ring (bicyclic) bond motifs is 2. The first-order valence-corrected chi connectivity index (χ1v) is 8.75. The van der Waals surface area contributed by atoms with Gasteiger partial charge in [0.05, 0.1) is 0 Å². The number of hydrogen-bond donors (Lipinski definition) is 0. The second-order valence-corrected chi connectivity index (χ2v) is 7.24. The van der Waals surface area contributed by atoms with Gasteiger partial charge in [0.1, 0.15) is 6.61 Å². The van der Waals surface area contributed by atoms with E-state index < -0.39 is 0 Å². The fourth-order valence-corrected chi connectivity index (χ4v) is 3.67. The van der Waals surface area contributed by atoms with Crippen molar-refractivity contribution in [3.63, 3.8) is 0 Å². The normalized spacial score (nSPS) is 27.0. The number of carbonyl (C=O) groups excluding carboxylic acids is 3. The lowest BCUT2D eigenvalue weighted by Crippen LogP contribution is -2.33. The van der Waals surface area contributed by atoms with Crippen LogP contribution in [0, 0.1) is 16.7 Å². The average molecular weight is 337 g/mol. The largest absolute Gasteiger partial charge is 0.461 e. The van der Waals surface area contributed by atoms with E-state index in [2.05, 4.69) is 25.3 Å². The van der Waals surface area contributed by atoms with Crippen molar-refractivity contribution in [1.82, 2.24) is 4.90 Å². The fourth-order valence-electron chi connectivity index (χ4n) is 3.67. The molecule has 0 aromatic carbocycles. The van der Waals surface area contributed by atoms with Gasteiger partial charge in [-0.25, -0.2) is 4.79 Å². The first kappa shape index (κ1) is 20.6. The molecule has 0 radical (unpaired) electrons. The number of Topliss-reactive ketones (excluding diaryl/α,β-unsaturated/α-hetero) is 2. The van der Waals surface area contributed by atoms with Crippen LogP contribution in [-0.4, -0.2) is 48.7 Å². The molecule has 2 aliphatic rings. The van der Waals surface area contributed by atoms with Gasteiger partial charge < -0.3 is 9.64 Å². The van der Waals surface area contributed by atoms with E-state index in [9.17, 15) is 14.4 Å². The van der Waals surface area contributed by atoms with Crippen molar-refractivity contribution in [1.29, 1.82) is 0 Å². The molecule has 2 aliphatic carbocycles. The molecular weight excluding hydrogens is 306 g/mol. The van der Waals surface area contributed by atoms with Gasteiger partial charge in [-0.3, -0.25) is 9.59 Å². The molecule has 5 nitrogen and oxygen atoms in total. The van der Waals surface area contributed by atoms with Crippen LogP contribution in [0.2, 0.25) is 0 Å². The summed E-state index contributed by atoms with van der Waals surface area (Å²) in [6.45, 7) is 16.7. The van der Waals surface area contributed by atoms with Crippen LogP contribution in [0.5, 0.6) is 0 Å². The number of ether oxygens (including phenoxy) is 1. The van der Waals surface area contributed by atoms with E-state index in [1.54, 1.807) is 0 Å². The number of ketones is 2. The first-order chi connectivity index (χ1) is 11.2. The van der Waals surface area contributed by atoms with E-state index in [0.29, 0.717) is 6.61 Å². The van der Waals surface area contributed by atoms with E-state index in [-0.39, 0.29) is 34.3 Å². The summed E-state index contributed by atoms with van der Waals surface area (Å²) in [7, 11) is 0. The van der Waals surface area contributed by atoms with Gasteiger partial charge in [0.2, 0.25) is 11.6 Å². The Bertz CT molecular complexity index is 507. The quantitative estimate of drug-likeness (QED) is 0.423. The van der Waals surface area contributed by atoms with E-state index in [4.69, 9.17) is 4.74 Å². The van der Waals surface area contributed by atoms with Gasteiger partial charge in [0, 0.05) is 24.0 Å². The summed E-state index contributed by atoms with van der Waals surface area (Å²) < 4.78 is 4.83. The van der Waals surface area contributed by atoms with Crippen molar-refractivity contribution in [2.24, 2.45) is 16.7 Å². The van der Waals surface area contributed by atoms with Gasteiger partial charge in [-0.05, 0) is 31.3 Å². The molecule has 0 N–H and O–H groups in total. The molecule has 24 heavy (non-hydrogen) atoms. The molecule has 2 unspecified atom stereocenters. The molecule has 0 aromatic heterocycles. The first-order valence-electron chi connectivity index (χ1n) is 8.75. The predicted octanol–water partition coefficient (Wildman–Crippen LogP) is 2.64. The number of carbonyl (C=O) groups is 3. The number of rotatable bonds is 6. The molecule has 2 saturated carbocycles. The van der Waals surface area contributed by atoms with Crippen molar-refractivity contribution in [2.45, 2.75) is 47.5 Å². The SMILES string of the molecule is C=CC(=O)OCCN(CC)CC.CC12CCC(C(=O)C1=O)C2(C)C. The van der Waals surface area contributed by atoms with Gasteiger partial charge in [0.25, 0.3) is 0 Å². The summed E-state index contributed by atoms with van der Waals surface area (Å²) >= 11 is 0. The predicted molar refractivity (Wildman–Crippen MR) is 93.6 cm³/mol. The lowest BCUT2D eigenvalue weighted by atomic mass is 9.70. The Morgan fingerprint density at radius 3 is 2.21 bits per heavy atom. The zero-order chi connectivity index (χ0) is 18.5. The lowest BCUT2D eigenvalue weighted by molar-refractivity contribution is -0.141. The zero-order valence-corrected chi connectivity index (χ0v) is 15.7. The highest BCUT2D eigenvalue weighted by atomic mass is 16.5. The maximum Gasteiger partial charge on any atom is 0.330 e. The number of hydrogen-bond acceptors (Lipinski definition) is 5. The molecule has 2 fully saturated rings. The third kappa shape index (κ3) is 3.77. The highest BCUT2D eigenvalue weighted by molar-refractivity contribution is 6.43. The number of likely N-dealkylation sites (N-methyl/N-ethyl adjacent to an activating group) is 1. The van der Waals surface area contributed by atoms with E-state index in [1.165, 1.54) is 6.08 Å². The Morgan fingerprint density at radius 2 is 1.88 bits per heavy atom. The third-order valence-corrected chi connectivity index (χ3v) is 5.98. The Kier molecular flexibility index (Phi) is 6.90. The zero-order valence-electron chi connectivity index (χ0n) is 15.7. The second-order valence-electron chi connectivity index (χ2n) is 7.24. The van der Waals surface area contributed by atoms with E-state index in [1.807, 2.05) is 20.8 Å². The molecule has 0 amide bonds. The molecule has 0 spiro atoms. The Balaban J connectivity index is 0.000000240. The van der Waals surface area contributed by atoms with Gasteiger partial charge in [-0.2, -0.15) is 0 Å². The number of esters is 1. The summed E-state index contributed by atoms with van der Waals surface area (Å²) in [6.07, 6.45) is 2.99. The Hall–Kier alpha value is -1.49. The van der Waals surface area contributed by atoms with Crippen molar-refractivity contribution >= 4 is 17.5 Å². The van der Waals surface area contributed by atoms with Crippen molar-refractivity contribution in [3.05, 3.63) is 12.7 Å². The highest BCUT2D eigenvalue weighted by Crippen LogP contribution is 2.61. The molecule has 136 valence electrons. The lowest BCUT2D eigenvalue weighted by Gasteiger charge is -2.31. The number of nitrogens with zero attached hydrogens (tertiary/aromatic N) is 1. The van der Waals surface area contributed by atoms with Crippen molar-refractivity contribution in [3.8, 4) is 0 Å². The van der Waals surface area contributed by atoms with Crippen LogP contribution in [0.25, 0.3) is 0 Å². The molecule has 0 heterocycles. The maximum atomic E-state index is 11.6. The van der Waals surface area contributed by atoms with Gasteiger partial charge in [-0.1, -0.05) is 41.2 Å². The molecule has 0 saturated heterocycles. The summed E-state index contributed by atoms with van der Waals surface area (Å²) in [5.74, 6) is -0.574. The molecule has 2 bridgehead atoms. The molecule has 2 atom stereocenters. The minimum absolute atomic E-state index is 0.00926. The minimum Gasteiger partial charge on any atom is -0.461 e. The van der Waals surface area contributed by atoms with Crippen LogP contribution in [0.15, 0.2) is 12.7 Å². The van der Waals surface area contributed by atoms with Gasteiger partial charge in [-0.15, -0.1) is 0 Å². The molecule has 2 rings (SSSR count). The van der Waals surface area contributed by atoms with Crippen LogP contribution in [-0.2, 0) is 19.1 Å². The van der Waals surface area contributed by atoms with Gasteiger partial charge >= 0.3 is 5.97 Å². The molecule has 0 aliphatic heterocycles. The summed E-state index contributed by atoms with van der Waals surface area (Å²) in [6, 6.07) is 0. The summed E-state index contributed by atoms with van der Waals surface area (Å²) in [5, 5.41) is 0. The molecule has 0 aromatic rings. The standard InChI is InChI=1S/C10H14O2.C9H17NO2/c1-9(2)6-4-5-10(9,3)8(12)7(6)11;1-4-9(11)12-8-7-10(5-2)6-3/h6H,4-5H2,1-3H3;4H,1,5-8H2,2-3H3. The van der Waals surface area contributed by atoms with Crippen LogP contribution in [0.3, 0.4) is 0 Å². The topological polar surface area (TPSA) is 63.7 Å². The summed E-state index contributed by atoms with van der Waals surface area (Å²) in [5.41, 5.74) is -0.448. The van der Waals surface area contributed by atoms with E-state index >= 15 is 0 Å². The highest BCUT2D eigenvalue weighted by Gasteiger charge is 2.66. The smallest absolute Gasteiger partial charge is 0.330 e. The van der Waals surface area contributed by atoms with E-state index in [0.717, 1.165) is 32.5 Å². The maximum absolute atomic E-state index is 11.6. The van der Waals surface area contributed by atoms with Gasteiger partial charge in [0.15, 0.2) is 0 Å². The minimum atomic E-state index is -0.352. The Labute approximate surface area is 145 Å². The van der Waals surface area contributed by atoms with Crippen molar-refractivity contribution < 1.29 is 19.1 Å². The Morgan fingerprint density at radius 1 is 1.29 bits per heavy atom.